The number of rotatable bonds is 8. The molecule has 0 radical (unpaired) electrons. The van der Waals surface area contributed by atoms with Crippen LogP contribution in [0.25, 0.3) is 22.2 Å². The first-order valence-electron chi connectivity index (χ1n) is 9.66. The third-order valence-electron chi connectivity index (χ3n) is 5.12. The van der Waals surface area contributed by atoms with Crippen molar-refractivity contribution in [3.8, 4) is 22.8 Å². The summed E-state index contributed by atoms with van der Waals surface area (Å²) in [5, 5.41) is 1.30. The van der Waals surface area contributed by atoms with Crippen LogP contribution >= 0.6 is 0 Å². The number of H-pyrrole nitrogens is 1. The van der Waals surface area contributed by atoms with Crippen molar-refractivity contribution in [3.63, 3.8) is 0 Å². The number of benzene rings is 2. The summed E-state index contributed by atoms with van der Waals surface area (Å²) < 4.78 is 11.0. The highest BCUT2D eigenvalue weighted by molar-refractivity contribution is 5.93. The summed E-state index contributed by atoms with van der Waals surface area (Å²) in [4.78, 5) is 3.72. The van der Waals surface area contributed by atoms with Gasteiger partial charge in [0.15, 0.2) is 0 Å². The highest BCUT2D eigenvalue weighted by atomic mass is 16.5. The summed E-state index contributed by atoms with van der Waals surface area (Å²) in [5.74, 6) is 2.04. The monoisotopic (exact) mass is 366 g/mol. The molecule has 144 valence electrons. The summed E-state index contributed by atoms with van der Waals surface area (Å²) in [5.41, 5.74) is 11.9. The largest absolute Gasteiger partial charge is 0.497 e. The molecule has 4 nitrogen and oxygen atoms in total. The van der Waals surface area contributed by atoms with Crippen molar-refractivity contribution in [2.24, 2.45) is 5.73 Å². The van der Waals surface area contributed by atoms with E-state index in [0.717, 1.165) is 48.6 Å². The molecule has 1 heterocycles. The van der Waals surface area contributed by atoms with Crippen LogP contribution in [0, 0.1) is 0 Å². The van der Waals surface area contributed by atoms with Crippen molar-refractivity contribution in [1.29, 1.82) is 0 Å². The second-order valence-electron chi connectivity index (χ2n) is 7.25. The molecule has 4 heteroatoms. The number of methoxy groups -OCH3 is 2. The highest BCUT2D eigenvalue weighted by Crippen LogP contribution is 2.37. The van der Waals surface area contributed by atoms with Crippen molar-refractivity contribution in [1.82, 2.24) is 4.98 Å². The van der Waals surface area contributed by atoms with Crippen molar-refractivity contribution in [2.45, 2.75) is 39.0 Å². The first-order valence-corrected chi connectivity index (χ1v) is 9.66. The fourth-order valence-corrected chi connectivity index (χ4v) is 3.68. The van der Waals surface area contributed by atoms with Gasteiger partial charge in [-0.2, -0.15) is 0 Å². The van der Waals surface area contributed by atoms with Gasteiger partial charge in [0.25, 0.3) is 0 Å². The average molecular weight is 367 g/mol. The van der Waals surface area contributed by atoms with Gasteiger partial charge in [-0.15, -0.1) is 0 Å². The Balaban J connectivity index is 2.21. The van der Waals surface area contributed by atoms with E-state index in [1.54, 1.807) is 14.2 Å². The second-order valence-corrected chi connectivity index (χ2v) is 7.25. The lowest BCUT2D eigenvalue weighted by molar-refractivity contribution is 0.394. The predicted octanol–water partition coefficient (Wildman–Crippen LogP) is 5.26. The van der Waals surface area contributed by atoms with Crippen molar-refractivity contribution in [3.05, 3.63) is 47.5 Å². The molecule has 0 aliphatic carbocycles. The highest BCUT2D eigenvalue weighted by Gasteiger charge is 2.17. The molecule has 0 atom stereocenters. The molecule has 3 rings (SSSR count). The average Bonchev–Trinajstić information content (AvgIpc) is 3.06. The summed E-state index contributed by atoms with van der Waals surface area (Å²) in [6.07, 6.45) is 3.09. The molecule has 0 saturated carbocycles. The molecule has 3 aromatic rings. The van der Waals surface area contributed by atoms with Crippen molar-refractivity contribution < 1.29 is 9.47 Å². The minimum atomic E-state index is 0.455. The minimum absolute atomic E-state index is 0.455. The molecule has 0 bridgehead atoms. The molecule has 0 fully saturated rings. The Kier molecular flexibility index (Phi) is 6.07. The molecule has 0 aliphatic heterocycles. The third-order valence-corrected chi connectivity index (χ3v) is 5.12. The number of para-hydroxylation sites is 1. The fraction of sp³-hybridized carbons (Fsp3) is 0.391. The number of hydrogen-bond donors (Lipinski definition) is 2. The summed E-state index contributed by atoms with van der Waals surface area (Å²) >= 11 is 0. The Bertz CT molecular complexity index is 890. The first kappa shape index (κ1) is 19.3. The van der Waals surface area contributed by atoms with Crippen LogP contribution in [0.4, 0.5) is 0 Å². The van der Waals surface area contributed by atoms with E-state index in [1.807, 2.05) is 6.07 Å². The van der Waals surface area contributed by atoms with E-state index >= 15 is 0 Å². The van der Waals surface area contributed by atoms with E-state index in [4.69, 9.17) is 15.2 Å². The van der Waals surface area contributed by atoms with Gasteiger partial charge in [0.05, 0.1) is 14.2 Å². The SMILES string of the molecule is COc1cc(OC)cc(-c2[nH]c3c(C(C)C)cccc3c2CCCCN)c1. The molecule has 0 saturated heterocycles. The number of hydrogen-bond acceptors (Lipinski definition) is 3. The zero-order chi connectivity index (χ0) is 19.4. The van der Waals surface area contributed by atoms with E-state index in [9.17, 15) is 0 Å². The number of nitrogens with two attached hydrogens (primary N) is 1. The zero-order valence-corrected chi connectivity index (χ0v) is 16.8. The number of nitrogens with one attached hydrogen (secondary N) is 1. The molecule has 0 aliphatic rings. The Labute approximate surface area is 161 Å². The van der Waals surface area contributed by atoms with Gasteiger partial charge in [0.2, 0.25) is 0 Å². The van der Waals surface area contributed by atoms with E-state index in [2.05, 4.69) is 49.2 Å². The van der Waals surface area contributed by atoms with Crippen LogP contribution < -0.4 is 15.2 Å². The predicted molar refractivity (Wildman–Crippen MR) is 113 cm³/mol. The smallest absolute Gasteiger partial charge is 0.123 e. The lowest BCUT2D eigenvalue weighted by Crippen LogP contribution is -1.99. The summed E-state index contributed by atoms with van der Waals surface area (Å²) in [6, 6.07) is 12.6. The quantitative estimate of drug-likeness (QED) is 0.535. The van der Waals surface area contributed by atoms with E-state index in [-0.39, 0.29) is 0 Å². The number of fused-ring (bicyclic) bond motifs is 1. The molecule has 3 N–H and O–H groups in total. The molecule has 0 unspecified atom stereocenters. The maximum Gasteiger partial charge on any atom is 0.123 e. The molecular formula is C23H30N2O2. The van der Waals surface area contributed by atoms with Gasteiger partial charge in [0, 0.05) is 28.2 Å². The minimum Gasteiger partial charge on any atom is -0.497 e. The Morgan fingerprint density at radius 3 is 2.30 bits per heavy atom. The first-order chi connectivity index (χ1) is 13.1. The standard InChI is InChI=1S/C23H30N2O2/c1-15(2)19-9-7-10-21-20(8-5-6-11-24)22(25-23(19)21)16-12-17(26-3)14-18(13-16)27-4/h7,9-10,12-15,25H,5-6,8,11,24H2,1-4H3. The lowest BCUT2D eigenvalue weighted by atomic mass is 9.96. The van der Waals surface area contributed by atoms with Crippen LogP contribution in [0.5, 0.6) is 11.5 Å². The fourth-order valence-electron chi connectivity index (χ4n) is 3.68. The normalized spacial score (nSPS) is 11.3. The van der Waals surface area contributed by atoms with Crippen LogP contribution in [0.15, 0.2) is 36.4 Å². The Morgan fingerprint density at radius 2 is 1.70 bits per heavy atom. The summed E-state index contributed by atoms with van der Waals surface area (Å²) in [7, 11) is 3.37. The Morgan fingerprint density at radius 1 is 1.00 bits per heavy atom. The zero-order valence-electron chi connectivity index (χ0n) is 16.8. The van der Waals surface area contributed by atoms with E-state index < -0.39 is 0 Å². The number of aromatic nitrogens is 1. The van der Waals surface area contributed by atoms with Gasteiger partial charge < -0.3 is 20.2 Å². The van der Waals surface area contributed by atoms with Gasteiger partial charge in [-0.05, 0) is 55.0 Å². The maximum atomic E-state index is 5.73. The molecule has 0 spiro atoms. The van der Waals surface area contributed by atoms with Gasteiger partial charge in [0.1, 0.15) is 11.5 Å². The van der Waals surface area contributed by atoms with Gasteiger partial charge >= 0.3 is 0 Å². The second kappa shape index (κ2) is 8.49. The van der Waals surface area contributed by atoms with Crippen LogP contribution in [0.3, 0.4) is 0 Å². The van der Waals surface area contributed by atoms with E-state index in [0.29, 0.717) is 5.92 Å². The van der Waals surface area contributed by atoms with Gasteiger partial charge in [-0.25, -0.2) is 0 Å². The lowest BCUT2D eigenvalue weighted by Gasteiger charge is -2.10. The number of aryl methyl sites for hydroxylation is 1. The molecule has 2 aromatic carbocycles. The Hall–Kier alpha value is -2.46. The van der Waals surface area contributed by atoms with Crippen LogP contribution in [0.2, 0.25) is 0 Å². The topological polar surface area (TPSA) is 60.3 Å². The van der Waals surface area contributed by atoms with Crippen molar-refractivity contribution >= 4 is 10.9 Å². The van der Waals surface area contributed by atoms with Crippen molar-refractivity contribution in [2.75, 3.05) is 20.8 Å². The van der Waals surface area contributed by atoms with E-state index in [1.165, 1.54) is 22.0 Å². The number of ether oxygens (including phenoxy) is 2. The molecule has 27 heavy (non-hydrogen) atoms. The molecular weight excluding hydrogens is 336 g/mol. The van der Waals surface area contributed by atoms with Crippen LogP contribution in [0.1, 0.15) is 43.7 Å². The molecule has 0 amide bonds. The van der Waals surface area contributed by atoms with Crippen LogP contribution in [-0.2, 0) is 6.42 Å². The summed E-state index contributed by atoms with van der Waals surface area (Å²) in [6.45, 7) is 5.19. The van der Waals surface area contributed by atoms with Gasteiger partial charge in [-0.3, -0.25) is 0 Å². The van der Waals surface area contributed by atoms with Crippen LogP contribution in [-0.4, -0.2) is 25.7 Å². The molecule has 1 aromatic heterocycles. The third kappa shape index (κ3) is 3.96. The maximum absolute atomic E-state index is 5.73. The number of aromatic amines is 1. The number of unbranched alkanes of at least 4 members (excludes halogenated alkanes) is 1. The van der Waals surface area contributed by atoms with Gasteiger partial charge in [-0.1, -0.05) is 32.0 Å².